The predicted octanol–water partition coefficient (Wildman–Crippen LogP) is 24.1. The van der Waals surface area contributed by atoms with Crippen LogP contribution in [0.15, 0.2) is 0 Å². The zero-order valence-corrected chi connectivity index (χ0v) is 67.5. The van der Waals surface area contributed by atoms with Gasteiger partial charge in [-0.05, 0) is 43.4 Å². The van der Waals surface area contributed by atoms with Crippen LogP contribution in [0.25, 0.3) is 0 Å². The number of aliphatic hydroxyl groups excluding tert-OH is 1. The highest BCUT2D eigenvalue weighted by Gasteiger charge is 2.30. The molecule has 3 N–H and O–H groups in total. The minimum Gasteiger partial charge on any atom is -0.462 e. The topological polar surface area (TPSA) is 237 Å². The highest BCUT2D eigenvalue weighted by Crippen LogP contribution is 2.45. The van der Waals surface area contributed by atoms with Crippen LogP contribution in [0, 0.1) is 17.8 Å². The molecule has 0 aliphatic carbocycles. The molecule has 0 aromatic rings. The van der Waals surface area contributed by atoms with E-state index >= 15 is 0 Å². The maximum Gasteiger partial charge on any atom is 0.472 e. The molecule has 0 radical (unpaired) electrons. The standard InChI is InChI=1S/C81H158O17P2/c1-8-12-13-14-15-16-17-27-33-41-48-55-62-78(83)91-69-77(98-81(86)65-58-51-44-37-36-40-47-54-61-74(7)11-4)71-96-100(89,90)94-67-75(82)66-93-99(87,88)95-70-76(68-92-79(84)63-56-49-42-34-30-29-32-39-46-53-60-73(6)10-3)97-80(85)64-57-50-43-35-28-25-23-21-19-18-20-22-24-26-31-38-45-52-59-72(5)9-2/h72-77,82H,8-71H2,1-7H3,(H,87,88)(H,89,90)/t72?,73?,74?,75-,76-,77-/m1/s1. The fraction of sp³-hybridized carbons (Fsp3) is 0.951. The molecule has 0 saturated carbocycles. The van der Waals surface area contributed by atoms with E-state index in [0.717, 1.165) is 108 Å². The lowest BCUT2D eigenvalue weighted by atomic mass is 9.99. The van der Waals surface area contributed by atoms with Crippen molar-refractivity contribution in [3.63, 3.8) is 0 Å². The van der Waals surface area contributed by atoms with Crippen molar-refractivity contribution in [2.75, 3.05) is 39.6 Å². The fourth-order valence-corrected chi connectivity index (χ4v) is 14.0. The van der Waals surface area contributed by atoms with Crippen LogP contribution in [0.2, 0.25) is 0 Å². The van der Waals surface area contributed by atoms with Crippen LogP contribution in [0.3, 0.4) is 0 Å². The van der Waals surface area contributed by atoms with Crippen LogP contribution in [0.4, 0.5) is 0 Å². The van der Waals surface area contributed by atoms with Crippen molar-refractivity contribution < 1.29 is 80.2 Å². The lowest BCUT2D eigenvalue weighted by molar-refractivity contribution is -0.161. The Balaban J connectivity index is 5.22. The van der Waals surface area contributed by atoms with E-state index in [2.05, 4.69) is 48.5 Å². The van der Waals surface area contributed by atoms with Gasteiger partial charge in [0.1, 0.15) is 19.3 Å². The number of rotatable bonds is 79. The number of phosphoric acid groups is 2. The van der Waals surface area contributed by atoms with Crippen molar-refractivity contribution in [2.24, 2.45) is 17.8 Å². The van der Waals surface area contributed by atoms with Gasteiger partial charge < -0.3 is 33.8 Å². The van der Waals surface area contributed by atoms with Crippen LogP contribution in [-0.2, 0) is 65.4 Å². The highest BCUT2D eigenvalue weighted by atomic mass is 31.2. The van der Waals surface area contributed by atoms with Crippen molar-refractivity contribution in [1.82, 2.24) is 0 Å². The minimum atomic E-state index is -4.96. The van der Waals surface area contributed by atoms with Crippen LogP contribution in [0.5, 0.6) is 0 Å². The van der Waals surface area contributed by atoms with E-state index in [1.54, 1.807) is 0 Å². The summed E-state index contributed by atoms with van der Waals surface area (Å²) >= 11 is 0. The van der Waals surface area contributed by atoms with Crippen LogP contribution in [-0.4, -0.2) is 96.7 Å². The summed E-state index contributed by atoms with van der Waals surface area (Å²) in [6.45, 7) is 12.0. The summed E-state index contributed by atoms with van der Waals surface area (Å²) in [5.74, 6) is 0.338. The number of ether oxygens (including phenoxy) is 4. The average molecular weight is 1470 g/mol. The second-order valence-electron chi connectivity index (χ2n) is 29.9. The smallest absolute Gasteiger partial charge is 0.462 e. The quantitative estimate of drug-likeness (QED) is 0.0222. The van der Waals surface area contributed by atoms with Crippen molar-refractivity contribution in [3.8, 4) is 0 Å². The maximum absolute atomic E-state index is 13.1. The Bertz CT molecular complexity index is 1950. The Kier molecular flexibility index (Phi) is 69.9. The van der Waals surface area contributed by atoms with Gasteiger partial charge >= 0.3 is 39.5 Å². The average Bonchev–Trinajstić information content (AvgIpc) is 0.982. The summed E-state index contributed by atoms with van der Waals surface area (Å²) < 4.78 is 68.7. The first-order valence-electron chi connectivity index (χ1n) is 42.0. The third kappa shape index (κ3) is 70.4. The molecule has 17 nitrogen and oxygen atoms in total. The molecule has 0 aliphatic rings. The number of aliphatic hydroxyl groups is 1. The highest BCUT2D eigenvalue weighted by molar-refractivity contribution is 7.47. The van der Waals surface area contributed by atoms with Gasteiger partial charge in [0.25, 0.3) is 0 Å². The van der Waals surface area contributed by atoms with Gasteiger partial charge in [0.05, 0.1) is 26.4 Å². The summed E-state index contributed by atoms with van der Waals surface area (Å²) in [6, 6.07) is 0. The van der Waals surface area contributed by atoms with Gasteiger partial charge in [0.2, 0.25) is 0 Å². The molecule has 0 aliphatic heterocycles. The van der Waals surface area contributed by atoms with E-state index in [9.17, 15) is 43.2 Å². The molecule has 0 aromatic carbocycles. The number of esters is 4. The molecule has 0 amide bonds. The third-order valence-corrected chi connectivity index (χ3v) is 21.9. The zero-order chi connectivity index (χ0) is 73.7. The van der Waals surface area contributed by atoms with E-state index < -0.39 is 97.5 Å². The molecular formula is C81H158O17P2. The van der Waals surface area contributed by atoms with E-state index in [1.807, 2.05) is 0 Å². The first-order valence-corrected chi connectivity index (χ1v) is 45.0. The number of hydrogen-bond donors (Lipinski definition) is 3. The van der Waals surface area contributed by atoms with Crippen molar-refractivity contribution in [3.05, 3.63) is 0 Å². The molecule has 0 fully saturated rings. The summed E-state index contributed by atoms with van der Waals surface area (Å²) in [5.41, 5.74) is 0. The van der Waals surface area contributed by atoms with E-state index in [-0.39, 0.29) is 25.7 Å². The molecule has 5 unspecified atom stereocenters. The molecule has 0 rings (SSSR count). The summed E-state index contributed by atoms with van der Waals surface area (Å²) in [6.07, 6.45) is 59.5. The largest absolute Gasteiger partial charge is 0.472 e. The minimum absolute atomic E-state index is 0.105. The Morgan fingerprint density at radius 3 is 0.710 bits per heavy atom. The summed E-state index contributed by atoms with van der Waals surface area (Å²) in [7, 11) is -9.92. The summed E-state index contributed by atoms with van der Waals surface area (Å²) in [4.78, 5) is 73.0. The third-order valence-electron chi connectivity index (χ3n) is 20.0. The first-order chi connectivity index (χ1) is 48.3. The molecule has 8 atom stereocenters. The van der Waals surface area contributed by atoms with E-state index in [4.69, 9.17) is 37.0 Å². The van der Waals surface area contributed by atoms with Gasteiger partial charge in [0, 0.05) is 25.7 Å². The van der Waals surface area contributed by atoms with Crippen molar-refractivity contribution >= 4 is 39.5 Å². The Morgan fingerprint density at radius 2 is 0.480 bits per heavy atom. The van der Waals surface area contributed by atoms with E-state index in [1.165, 1.54) is 231 Å². The summed E-state index contributed by atoms with van der Waals surface area (Å²) in [5, 5.41) is 10.6. The first kappa shape index (κ1) is 98.1. The molecule has 0 aromatic heterocycles. The van der Waals surface area contributed by atoms with Crippen molar-refractivity contribution in [1.29, 1.82) is 0 Å². The molecule has 0 spiro atoms. The second-order valence-corrected chi connectivity index (χ2v) is 32.8. The number of unbranched alkanes of at least 4 members (excludes halogenated alkanes) is 44. The van der Waals surface area contributed by atoms with Gasteiger partial charge in [-0.15, -0.1) is 0 Å². The molecule has 0 heterocycles. The van der Waals surface area contributed by atoms with Gasteiger partial charge in [0.15, 0.2) is 12.2 Å². The molecule has 100 heavy (non-hydrogen) atoms. The molecule has 0 bridgehead atoms. The van der Waals surface area contributed by atoms with Crippen molar-refractivity contribution in [2.45, 2.75) is 439 Å². The van der Waals surface area contributed by atoms with E-state index in [0.29, 0.717) is 25.7 Å². The Morgan fingerprint density at radius 1 is 0.280 bits per heavy atom. The van der Waals surface area contributed by atoms with Gasteiger partial charge in [-0.3, -0.25) is 37.3 Å². The Hall–Kier alpha value is -1.94. The zero-order valence-electron chi connectivity index (χ0n) is 65.7. The molecular weight excluding hydrogens is 1310 g/mol. The number of carbonyl (C=O) groups excluding carboxylic acids is 4. The molecule has 19 heteroatoms. The Labute approximate surface area is 613 Å². The number of carbonyl (C=O) groups is 4. The monoisotopic (exact) mass is 1470 g/mol. The molecule has 0 saturated heterocycles. The predicted molar refractivity (Wildman–Crippen MR) is 409 cm³/mol. The molecule has 594 valence electrons. The maximum atomic E-state index is 13.1. The van der Waals surface area contributed by atoms with Crippen LogP contribution in [0.1, 0.15) is 421 Å². The van der Waals surface area contributed by atoms with Gasteiger partial charge in [-0.2, -0.15) is 0 Å². The normalized spacial score (nSPS) is 14.8. The lowest BCUT2D eigenvalue weighted by Crippen LogP contribution is -2.30. The second kappa shape index (κ2) is 71.3. The van der Waals surface area contributed by atoms with Crippen LogP contribution >= 0.6 is 15.6 Å². The van der Waals surface area contributed by atoms with Gasteiger partial charge in [-0.25, -0.2) is 9.13 Å². The lowest BCUT2D eigenvalue weighted by Gasteiger charge is -2.21. The number of phosphoric ester groups is 2. The van der Waals surface area contributed by atoms with Crippen LogP contribution < -0.4 is 0 Å². The SMILES string of the molecule is CCCCCCCCCCCCCCC(=O)OC[C@H](COP(=O)(O)OC[C@H](O)COP(=O)(O)OC[C@@H](COC(=O)CCCCCCCCCCCCC(C)CC)OC(=O)CCCCCCCCCCCCCCCCCCCCC(C)CC)OC(=O)CCCCCCCCCCC(C)CC. The number of hydrogen-bond acceptors (Lipinski definition) is 15. The van der Waals surface area contributed by atoms with Gasteiger partial charge in [-0.1, -0.05) is 370 Å². The fourth-order valence-electron chi connectivity index (χ4n) is 12.4.